The van der Waals surface area contributed by atoms with Crippen LogP contribution < -0.4 is 10.5 Å². The van der Waals surface area contributed by atoms with Gasteiger partial charge in [-0.25, -0.2) is 0 Å². The van der Waals surface area contributed by atoms with Gasteiger partial charge in [0, 0.05) is 25.7 Å². The Labute approximate surface area is 144 Å². The third-order valence-corrected chi connectivity index (χ3v) is 4.61. The number of nitrogens with zero attached hydrogens (tertiary/aromatic N) is 2. The third kappa shape index (κ3) is 3.77. The summed E-state index contributed by atoms with van der Waals surface area (Å²) >= 11 is 0. The van der Waals surface area contributed by atoms with E-state index in [0.717, 1.165) is 42.9 Å². The van der Waals surface area contributed by atoms with Crippen LogP contribution in [-0.4, -0.2) is 30.9 Å². The molecule has 3 rings (SSSR count). The molecular weight excluding hydrogens is 298 g/mol. The van der Waals surface area contributed by atoms with Gasteiger partial charge in [0.05, 0.1) is 0 Å². The van der Waals surface area contributed by atoms with Crippen LogP contribution in [0.25, 0.3) is 0 Å². The SMILES string of the molecule is CCN1CCc2cc(OCc3ccc(C(N)=NC)cc3)ccc2C1. The number of amidine groups is 1. The van der Waals surface area contributed by atoms with Crippen LogP contribution in [0.15, 0.2) is 47.5 Å². The van der Waals surface area contributed by atoms with Crippen molar-refractivity contribution in [1.29, 1.82) is 0 Å². The molecule has 4 heteroatoms. The van der Waals surface area contributed by atoms with Gasteiger partial charge in [0.2, 0.25) is 0 Å². The van der Waals surface area contributed by atoms with Gasteiger partial charge in [0.15, 0.2) is 0 Å². The molecule has 1 aliphatic rings. The number of fused-ring (bicyclic) bond motifs is 1. The first-order valence-electron chi connectivity index (χ1n) is 8.48. The van der Waals surface area contributed by atoms with E-state index in [1.165, 1.54) is 11.1 Å². The lowest BCUT2D eigenvalue weighted by atomic mass is 9.99. The molecule has 1 aliphatic heterocycles. The number of likely N-dealkylation sites (N-methyl/N-ethyl adjacent to an activating group) is 1. The molecule has 0 spiro atoms. The Balaban J connectivity index is 1.63. The molecule has 0 aromatic heterocycles. The van der Waals surface area contributed by atoms with Crippen molar-refractivity contribution in [2.75, 3.05) is 20.1 Å². The highest BCUT2D eigenvalue weighted by Gasteiger charge is 2.15. The summed E-state index contributed by atoms with van der Waals surface area (Å²) in [4.78, 5) is 6.46. The molecule has 0 unspecified atom stereocenters. The van der Waals surface area contributed by atoms with Crippen molar-refractivity contribution >= 4 is 5.84 Å². The van der Waals surface area contributed by atoms with E-state index < -0.39 is 0 Å². The fraction of sp³-hybridized carbons (Fsp3) is 0.350. The summed E-state index contributed by atoms with van der Waals surface area (Å²) in [5.41, 5.74) is 10.7. The van der Waals surface area contributed by atoms with E-state index in [-0.39, 0.29) is 0 Å². The number of benzene rings is 2. The van der Waals surface area contributed by atoms with Gasteiger partial charge >= 0.3 is 0 Å². The van der Waals surface area contributed by atoms with Gasteiger partial charge in [0.25, 0.3) is 0 Å². The number of ether oxygens (including phenoxy) is 1. The van der Waals surface area contributed by atoms with Crippen molar-refractivity contribution in [2.45, 2.75) is 26.5 Å². The zero-order chi connectivity index (χ0) is 16.9. The number of aliphatic imine (C=N–C) groups is 1. The predicted octanol–water partition coefficient (Wildman–Crippen LogP) is 2.98. The lowest BCUT2D eigenvalue weighted by Gasteiger charge is -2.27. The van der Waals surface area contributed by atoms with Crippen molar-refractivity contribution in [1.82, 2.24) is 4.90 Å². The molecule has 126 valence electrons. The quantitative estimate of drug-likeness (QED) is 0.680. The van der Waals surface area contributed by atoms with Crippen LogP contribution in [0.4, 0.5) is 0 Å². The maximum Gasteiger partial charge on any atom is 0.125 e. The second kappa shape index (κ2) is 7.49. The van der Waals surface area contributed by atoms with Gasteiger partial charge < -0.3 is 10.5 Å². The topological polar surface area (TPSA) is 50.9 Å². The van der Waals surface area contributed by atoms with Gasteiger partial charge in [0.1, 0.15) is 18.2 Å². The molecule has 2 N–H and O–H groups in total. The smallest absolute Gasteiger partial charge is 0.125 e. The Hall–Kier alpha value is -2.33. The summed E-state index contributed by atoms with van der Waals surface area (Å²) in [6.45, 7) is 6.07. The first-order valence-corrected chi connectivity index (χ1v) is 8.48. The van der Waals surface area contributed by atoms with Crippen LogP contribution in [0.3, 0.4) is 0 Å². The molecule has 4 nitrogen and oxygen atoms in total. The molecule has 0 saturated carbocycles. The molecule has 0 amide bonds. The van der Waals surface area contributed by atoms with E-state index in [1.807, 2.05) is 24.3 Å². The van der Waals surface area contributed by atoms with Gasteiger partial charge in [-0.2, -0.15) is 0 Å². The molecule has 0 aliphatic carbocycles. The minimum absolute atomic E-state index is 0.554. The van der Waals surface area contributed by atoms with E-state index in [2.05, 4.69) is 35.0 Å². The number of rotatable bonds is 5. The van der Waals surface area contributed by atoms with Crippen LogP contribution in [0.1, 0.15) is 29.2 Å². The molecule has 0 fully saturated rings. The normalized spacial score (nSPS) is 15.2. The Kier molecular flexibility index (Phi) is 5.16. The summed E-state index contributed by atoms with van der Waals surface area (Å²) in [5, 5.41) is 0. The molecular formula is C20H25N3O. The highest BCUT2D eigenvalue weighted by molar-refractivity contribution is 5.97. The molecule has 2 aromatic rings. The van der Waals surface area contributed by atoms with Crippen molar-refractivity contribution < 1.29 is 4.74 Å². The summed E-state index contributed by atoms with van der Waals surface area (Å²) in [7, 11) is 1.70. The summed E-state index contributed by atoms with van der Waals surface area (Å²) in [6, 6.07) is 14.5. The van der Waals surface area contributed by atoms with Crippen LogP contribution in [0.5, 0.6) is 5.75 Å². The Morgan fingerprint density at radius 2 is 1.96 bits per heavy atom. The molecule has 0 bridgehead atoms. The monoisotopic (exact) mass is 323 g/mol. The van der Waals surface area contributed by atoms with E-state index in [0.29, 0.717) is 12.4 Å². The Bertz CT molecular complexity index is 722. The second-order valence-corrected chi connectivity index (χ2v) is 6.14. The molecule has 0 atom stereocenters. The fourth-order valence-corrected chi connectivity index (χ4v) is 3.01. The van der Waals surface area contributed by atoms with Crippen LogP contribution >= 0.6 is 0 Å². The third-order valence-electron chi connectivity index (χ3n) is 4.61. The van der Waals surface area contributed by atoms with Crippen molar-refractivity contribution in [3.05, 3.63) is 64.7 Å². The van der Waals surface area contributed by atoms with Crippen LogP contribution in [0, 0.1) is 0 Å². The number of nitrogens with two attached hydrogens (primary N) is 1. The molecule has 1 heterocycles. The molecule has 24 heavy (non-hydrogen) atoms. The minimum Gasteiger partial charge on any atom is -0.489 e. The fourth-order valence-electron chi connectivity index (χ4n) is 3.01. The van der Waals surface area contributed by atoms with Crippen molar-refractivity contribution in [2.24, 2.45) is 10.7 Å². The highest BCUT2D eigenvalue weighted by atomic mass is 16.5. The van der Waals surface area contributed by atoms with E-state index >= 15 is 0 Å². The van der Waals surface area contributed by atoms with Crippen LogP contribution in [0.2, 0.25) is 0 Å². The average molecular weight is 323 g/mol. The average Bonchev–Trinajstić information content (AvgIpc) is 2.65. The first kappa shape index (κ1) is 16.5. The second-order valence-electron chi connectivity index (χ2n) is 6.14. The zero-order valence-corrected chi connectivity index (χ0v) is 14.5. The lowest BCUT2D eigenvalue weighted by Crippen LogP contribution is -2.30. The van der Waals surface area contributed by atoms with Crippen molar-refractivity contribution in [3.63, 3.8) is 0 Å². The Morgan fingerprint density at radius 3 is 2.67 bits per heavy atom. The standard InChI is InChI=1S/C20H25N3O/c1-3-23-11-10-17-12-19(9-8-18(17)13-23)24-14-15-4-6-16(7-5-15)20(21)22-2/h4-9,12H,3,10-11,13-14H2,1-2H3,(H2,21,22). The summed E-state index contributed by atoms with van der Waals surface area (Å²) in [5.74, 6) is 1.50. The maximum atomic E-state index is 5.96. The predicted molar refractivity (Wildman–Crippen MR) is 98.5 cm³/mol. The molecule has 0 radical (unpaired) electrons. The minimum atomic E-state index is 0.554. The lowest BCUT2D eigenvalue weighted by molar-refractivity contribution is 0.266. The number of hydrogen-bond acceptors (Lipinski definition) is 3. The Morgan fingerprint density at radius 1 is 1.17 bits per heavy atom. The molecule has 0 saturated heterocycles. The van der Waals surface area contributed by atoms with E-state index in [4.69, 9.17) is 10.5 Å². The summed E-state index contributed by atoms with van der Waals surface area (Å²) in [6.07, 6.45) is 1.10. The van der Waals surface area contributed by atoms with Crippen LogP contribution in [-0.2, 0) is 19.6 Å². The number of hydrogen-bond donors (Lipinski definition) is 1. The van der Waals surface area contributed by atoms with Gasteiger partial charge in [-0.05, 0) is 41.8 Å². The summed E-state index contributed by atoms with van der Waals surface area (Å²) < 4.78 is 5.96. The van der Waals surface area contributed by atoms with E-state index in [9.17, 15) is 0 Å². The van der Waals surface area contributed by atoms with Gasteiger partial charge in [-0.1, -0.05) is 37.3 Å². The maximum absolute atomic E-state index is 5.96. The van der Waals surface area contributed by atoms with Gasteiger partial charge in [-0.3, -0.25) is 9.89 Å². The first-order chi connectivity index (χ1) is 11.7. The van der Waals surface area contributed by atoms with E-state index in [1.54, 1.807) is 7.05 Å². The van der Waals surface area contributed by atoms with Gasteiger partial charge in [-0.15, -0.1) is 0 Å². The highest BCUT2D eigenvalue weighted by Crippen LogP contribution is 2.24. The largest absolute Gasteiger partial charge is 0.489 e. The zero-order valence-electron chi connectivity index (χ0n) is 14.5. The molecule has 2 aromatic carbocycles. The van der Waals surface area contributed by atoms with Crippen molar-refractivity contribution in [3.8, 4) is 5.75 Å².